The number of carboxylic acids is 1. The Bertz CT molecular complexity index is 310. The van der Waals surface area contributed by atoms with Gasteiger partial charge in [-0.25, -0.2) is 14.5 Å². The van der Waals surface area contributed by atoms with Crippen LogP contribution < -0.4 is 5.32 Å². The summed E-state index contributed by atoms with van der Waals surface area (Å²) in [5.41, 5.74) is -1.51. The summed E-state index contributed by atoms with van der Waals surface area (Å²) in [7, 11) is 0. The van der Waals surface area contributed by atoms with Crippen LogP contribution in [-0.4, -0.2) is 39.5 Å². The van der Waals surface area contributed by atoms with E-state index in [4.69, 9.17) is 5.11 Å². The van der Waals surface area contributed by atoms with Crippen molar-refractivity contribution in [1.82, 2.24) is 10.2 Å². The van der Waals surface area contributed by atoms with Crippen molar-refractivity contribution in [3.63, 3.8) is 0 Å². The molecule has 1 atom stereocenters. The minimum absolute atomic E-state index is 0.512. The minimum Gasteiger partial charge on any atom is -0.480 e. The molecule has 1 rings (SSSR count). The number of aliphatic carboxylic acids is 1. The summed E-state index contributed by atoms with van der Waals surface area (Å²) >= 11 is 0. The lowest BCUT2D eigenvalue weighted by Gasteiger charge is -2.28. The number of rotatable bonds is 2. The first kappa shape index (κ1) is 10.5. The minimum atomic E-state index is -1.51. The molecule has 0 aromatic carbocycles. The van der Waals surface area contributed by atoms with E-state index in [2.05, 4.69) is 5.32 Å². The Morgan fingerprint density at radius 1 is 1.50 bits per heavy atom. The monoisotopic (exact) mass is 200 g/mol. The van der Waals surface area contributed by atoms with Gasteiger partial charge in [0.25, 0.3) is 5.91 Å². The molecule has 0 aliphatic carbocycles. The fraction of sp³-hybridized carbons (Fsp3) is 0.625. The van der Waals surface area contributed by atoms with Crippen LogP contribution in [0, 0.1) is 0 Å². The molecule has 14 heavy (non-hydrogen) atoms. The maximum Gasteiger partial charge on any atom is 0.329 e. The zero-order valence-corrected chi connectivity index (χ0v) is 8.20. The lowest BCUT2D eigenvalue weighted by atomic mass is 10.0. The smallest absolute Gasteiger partial charge is 0.329 e. The van der Waals surface area contributed by atoms with Crippen LogP contribution in [0.25, 0.3) is 0 Å². The van der Waals surface area contributed by atoms with Crippen LogP contribution >= 0.6 is 0 Å². The summed E-state index contributed by atoms with van der Waals surface area (Å²) in [5, 5.41) is 11.2. The summed E-state index contributed by atoms with van der Waals surface area (Å²) in [6, 6.07) is -1.31. The molecule has 0 spiro atoms. The molecule has 1 aliphatic heterocycles. The van der Waals surface area contributed by atoms with Crippen molar-refractivity contribution in [2.24, 2.45) is 0 Å². The van der Waals surface area contributed by atoms with E-state index in [0.29, 0.717) is 0 Å². The first-order valence-electron chi connectivity index (χ1n) is 4.16. The maximum atomic E-state index is 11.4. The number of hydrogen-bond acceptors (Lipinski definition) is 3. The van der Waals surface area contributed by atoms with Crippen molar-refractivity contribution in [1.29, 1.82) is 0 Å². The zero-order chi connectivity index (χ0) is 11.1. The van der Waals surface area contributed by atoms with Crippen molar-refractivity contribution in [2.75, 3.05) is 0 Å². The van der Waals surface area contributed by atoms with E-state index in [1.807, 2.05) is 0 Å². The Kier molecular flexibility index (Phi) is 2.22. The number of nitrogens with one attached hydrogen (secondary N) is 1. The second-order valence-corrected chi connectivity index (χ2v) is 3.71. The molecule has 1 saturated heterocycles. The summed E-state index contributed by atoms with van der Waals surface area (Å²) < 4.78 is 0. The third kappa shape index (κ3) is 1.32. The Morgan fingerprint density at radius 3 is 2.29 bits per heavy atom. The Balaban J connectivity index is 3.04. The second kappa shape index (κ2) is 2.97. The molecular weight excluding hydrogens is 188 g/mol. The van der Waals surface area contributed by atoms with Crippen LogP contribution in [0.3, 0.4) is 0 Å². The van der Waals surface area contributed by atoms with Gasteiger partial charge in [-0.1, -0.05) is 0 Å². The topological polar surface area (TPSA) is 86.7 Å². The highest BCUT2D eigenvalue weighted by atomic mass is 16.4. The van der Waals surface area contributed by atoms with Crippen molar-refractivity contribution in [3.05, 3.63) is 0 Å². The Morgan fingerprint density at radius 2 is 2.00 bits per heavy atom. The Labute approximate surface area is 80.9 Å². The van der Waals surface area contributed by atoms with Gasteiger partial charge in [0.2, 0.25) is 0 Å². The number of carbonyl (C=O) groups excluding carboxylic acids is 2. The standard InChI is InChI=1S/C8H12N2O4/c1-4-5(11)10(7(14)9-4)8(2,3)6(12)13/h4H,1-3H3,(H,9,14)(H,12,13). The third-order valence-corrected chi connectivity index (χ3v) is 2.22. The molecule has 3 amide bonds. The summed E-state index contributed by atoms with van der Waals surface area (Å²) in [6.45, 7) is 4.13. The number of urea groups is 1. The van der Waals surface area contributed by atoms with Crippen LogP contribution in [0.2, 0.25) is 0 Å². The second-order valence-electron chi connectivity index (χ2n) is 3.71. The quantitative estimate of drug-likeness (QED) is 0.604. The molecule has 6 nitrogen and oxygen atoms in total. The molecule has 2 N–H and O–H groups in total. The molecule has 0 aromatic heterocycles. The van der Waals surface area contributed by atoms with Gasteiger partial charge in [0, 0.05) is 0 Å². The molecule has 78 valence electrons. The molecule has 0 saturated carbocycles. The van der Waals surface area contributed by atoms with E-state index in [0.717, 1.165) is 4.90 Å². The molecule has 0 radical (unpaired) electrons. The Hall–Kier alpha value is -1.59. The van der Waals surface area contributed by atoms with Gasteiger partial charge in [-0.15, -0.1) is 0 Å². The zero-order valence-electron chi connectivity index (χ0n) is 8.20. The maximum absolute atomic E-state index is 11.4. The van der Waals surface area contributed by atoms with E-state index in [1.54, 1.807) is 0 Å². The highest BCUT2D eigenvalue weighted by Crippen LogP contribution is 2.20. The fourth-order valence-corrected chi connectivity index (χ4v) is 1.23. The van der Waals surface area contributed by atoms with Gasteiger partial charge in [0.1, 0.15) is 11.6 Å². The molecule has 6 heteroatoms. The lowest BCUT2D eigenvalue weighted by molar-refractivity contribution is -0.152. The van der Waals surface area contributed by atoms with Crippen molar-refractivity contribution < 1.29 is 19.5 Å². The third-order valence-electron chi connectivity index (χ3n) is 2.22. The average Bonchev–Trinajstić information content (AvgIpc) is 2.26. The molecule has 0 aromatic rings. The number of imide groups is 1. The fourth-order valence-electron chi connectivity index (χ4n) is 1.23. The number of carbonyl (C=O) groups is 3. The number of amides is 3. The number of carboxylic acid groups (broad SMARTS) is 1. The van der Waals surface area contributed by atoms with Crippen molar-refractivity contribution in [3.8, 4) is 0 Å². The SMILES string of the molecule is CC1NC(=O)N(C(C)(C)C(=O)O)C1=O. The lowest BCUT2D eigenvalue weighted by Crippen LogP contribution is -2.53. The van der Waals surface area contributed by atoms with Gasteiger partial charge < -0.3 is 10.4 Å². The van der Waals surface area contributed by atoms with Crippen LogP contribution in [-0.2, 0) is 9.59 Å². The average molecular weight is 200 g/mol. The van der Waals surface area contributed by atoms with E-state index in [9.17, 15) is 14.4 Å². The highest BCUT2D eigenvalue weighted by Gasteiger charge is 2.48. The van der Waals surface area contributed by atoms with Gasteiger partial charge in [-0.05, 0) is 20.8 Å². The normalized spacial score (nSPS) is 22.5. The van der Waals surface area contributed by atoms with E-state index >= 15 is 0 Å². The van der Waals surface area contributed by atoms with Crippen LogP contribution in [0.15, 0.2) is 0 Å². The van der Waals surface area contributed by atoms with Crippen LogP contribution in [0.1, 0.15) is 20.8 Å². The summed E-state index contributed by atoms with van der Waals surface area (Å²) in [5.74, 6) is -1.72. The van der Waals surface area contributed by atoms with Gasteiger partial charge in [-0.3, -0.25) is 4.79 Å². The molecule has 1 heterocycles. The van der Waals surface area contributed by atoms with Crippen molar-refractivity contribution in [2.45, 2.75) is 32.4 Å². The van der Waals surface area contributed by atoms with Gasteiger partial charge in [0.15, 0.2) is 0 Å². The van der Waals surface area contributed by atoms with E-state index in [-0.39, 0.29) is 0 Å². The summed E-state index contributed by atoms with van der Waals surface area (Å²) in [4.78, 5) is 34.3. The van der Waals surface area contributed by atoms with E-state index in [1.165, 1.54) is 20.8 Å². The highest BCUT2D eigenvalue weighted by molar-refractivity contribution is 6.07. The van der Waals surface area contributed by atoms with Gasteiger partial charge >= 0.3 is 12.0 Å². The molecule has 1 aliphatic rings. The predicted octanol–water partition coefficient (Wildman–Crippen LogP) is -0.210. The van der Waals surface area contributed by atoms with Gasteiger partial charge in [-0.2, -0.15) is 0 Å². The first-order valence-corrected chi connectivity index (χ1v) is 4.16. The number of hydrogen-bond donors (Lipinski definition) is 2. The van der Waals surface area contributed by atoms with Crippen molar-refractivity contribution >= 4 is 17.9 Å². The number of nitrogens with zero attached hydrogens (tertiary/aromatic N) is 1. The molecule has 0 bridgehead atoms. The molecule has 1 unspecified atom stereocenters. The van der Waals surface area contributed by atoms with E-state index < -0.39 is 29.5 Å². The molecular formula is C8H12N2O4. The van der Waals surface area contributed by atoms with Crippen LogP contribution in [0.4, 0.5) is 4.79 Å². The van der Waals surface area contributed by atoms with Gasteiger partial charge in [0.05, 0.1) is 0 Å². The summed E-state index contributed by atoms with van der Waals surface area (Å²) in [6.07, 6.45) is 0. The predicted molar refractivity (Wildman–Crippen MR) is 46.6 cm³/mol. The molecule has 1 fully saturated rings. The van der Waals surface area contributed by atoms with Crippen LogP contribution in [0.5, 0.6) is 0 Å². The largest absolute Gasteiger partial charge is 0.480 e. The first-order chi connectivity index (χ1) is 6.28.